The van der Waals surface area contributed by atoms with Crippen LogP contribution in [0.5, 0.6) is 0 Å². The van der Waals surface area contributed by atoms with Crippen LogP contribution in [-0.4, -0.2) is 43.3 Å². The fraction of sp³-hybridized carbons (Fsp3) is 0.200. The van der Waals surface area contributed by atoms with E-state index in [2.05, 4.69) is 20.1 Å². The van der Waals surface area contributed by atoms with Gasteiger partial charge in [-0.1, -0.05) is 0 Å². The summed E-state index contributed by atoms with van der Waals surface area (Å²) in [7, 11) is 0. The third-order valence-electron chi connectivity index (χ3n) is 4.38. The second-order valence-corrected chi connectivity index (χ2v) is 7.41. The van der Waals surface area contributed by atoms with Gasteiger partial charge in [-0.2, -0.15) is 5.10 Å². The van der Waals surface area contributed by atoms with Crippen LogP contribution in [0.2, 0.25) is 0 Å². The average Bonchev–Trinajstić information content (AvgIpc) is 3.41. The molecule has 0 aromatic carbocycles. The molecule has 4 heterocycles. The monoisotopic (exact) mass is 438 g/mol. The predicted molar refractivity (Wildman–Crippen MR) is 113 cm³/mol. The van der Waals surface area contributed by atoms with Crippen molar-refractivity contribution in [3.05, 3.63) is 58.6 Å². The van der Waals surface area contributed by atoms with E-state index in [0.29, 0.717) is 26.5 Å². The molecule has 0 aliphatic carbocycles. The number of ether oxygens (including phenoxy) is 2. The number of pyridine rings is 1. The summed E-state index contributed by atoms with van der Waals surface area (Å²) in [6, 6.07) is 5.03. The zero-order valence-corrected chi connectivity index (χ0v) is 17.5. The smallest absolute Gasteiger partial charge is 0.348 e. The van der Waals surface area contributed by atoms with Gasteiger partial charge in [-0.15, -0.1) is 11.3 Å². The van der Waals surface area contributed by atoms with Gasteiger partial charge in [-0.3, -0.25) is 0 Å². The second kappa shape index (κ2) is 8.48. The molecule has 0 aliphatic heterocycles. The summed E-state index contributed by atoms with van der Waals surface area (Å²) in [5.74, 6) is 0.0214. The highest BCUT2D eigenvalue weighted by molar-refractivity contribution is 7.20. The lowest BCUT2D eigenvalue weighted by Gasteiger charge is -2.06. The van der Waals surface area contributed by atoms with Crippen molar-refractivity contribution in [3.63, 3.8) is 0 Å². The van der Waals surface area contributed by atoms with E-state index >= 15 is 0 Å². The number of nitrogen functional groups attached to an aromatic ring is 1. The second-order valence-electron chi connectivity index (χ2n) is 6.41. The van der Waals surface area contributed by atoms with E-state index in [0.717, 1.165) is 0 Å². The van der Waals surface area contributed by atoms with Crippen molar-refractivity contribution in [2.45, 2.75) is 20.5 Å². The van der Waals surface area contributed by atoms with Gasteiger partial charge in [0.25, 0.3) is 0 Å². The van der Waals surface area contributed by atoms with Crippen molar-refractivity contribution in [1.82, 2.24) is 24.7 Å². The number of thiophene rings is 1. The largest absolute Gasteiger partial charge is 0.462 e. The Morgan fingerprint density at radius 2 is 2.03 bits per heavy atom. The molecule has 0 radical (unpaired) electrons. The minimum atomic E-state index is -0.573. The third kappa shape index (κ3) is 4.08. The molecule has 0 spiro atoms. The summed E-state index contributed by atoms with van der Waals surface area (Å²) in [5.41, 5.74) is 7.02. The molecule has 0 fully saturated rings. The number of fused-ring (bicyclic) bond motifs is 1. The number of hydrogen-bond donors (Lipinski definition) is 1. The number of esters is 2. The first-order chi connectivity index (χ1) is 15.0. The Bertz CT molecular complexity index is 1250. The quantitative estimate of drug-likeness (QED) is 0.451. The lowest BCUT2D eigenvalue weighted by atomic mass is 10.2. The number of hydrogen-bond acceptors (Lipinski definition) is 10. The summed E-state index contributed by atoms with van der Waals surface area (Å²) in [6.07, 6.45) is 4.79. The maximum absolute atomic E-state index is 12.4. The first-order valence-electron chi connectivity index (χ1n) is 9.33. The van der Waals surface area contributed by atoms with Crippen molar-refractivity contribution in [2.75, 3.05) is 12.3 Å². The van der Waals surface area contributed by atoms with Crippen molar-refractivity contribution in [3.8, 4) is 5.82 Å². The van der Waals surface area contributed by atoms with Gasteiger partial charge in [0.2, 0.25) is 0 Å². The lowest BCUT2D eigenvalue weighted by Crippen LogP contribution is -2.09. The molecule has 4 aromatic rings. The Balaban J connectivity index is 1.49. The highest BCUT2D eigenvalue weighted by Gasteiger charge is 2.21. The van der Waals surface area contributed by atoms with Crippen LogP contribution in [0.25, 0.3) is 16.0 Å². The van der Waals surface area contributed by atoms with Crippen LogP contribution >= 0.6 is 11.3 Å². The van der Waals surface area contributed by atoms with Crippen LogP contribution in [0.3, 0.4) is 0 Å². The average molecular weight is 438 g/mol. The molecule has 11 heteroatoms. The number of aryl methyl sites for hydroxylation is 1. The normalized spacial score (nSPS) is 10.9. The van der Waals surface area contributed by atoms with Crippen LogP contribution in [0, 0.1) is 6.92 Å². The van der Waals surface area contributed by atoms with Crippen LogP contribution in [0.15, 0.2) is 36.8 Å². The van der Waals surface area contributed by atoms with Gasteiger partial charge in [0.05, 0.1) is 17.6 Å². The first kappa shape index (κ1) is 20.4. The zero-order valence-electron chi connectivity index (χ0n) is 16.7. The molecular weight excluding hydrogens is 420 g/mol. The molecule has 0 aliphatic rings. The molecule has 0 amide bonds. The highest BCUT2D eigenvalue weighted by atomic mass is 32.1. The Hall–Kier alpha value is -3.86. The van der Waals surface area contributed by atoms with Crippen molar-refractivity contribution in [2.24, 2.45) is 0 Å². The number of carbonyl (C=O) groups is 2. The molecular formula is C20H18N6O4S. The summed E-state index contributed by atoms with van der Waals surface area (Å²) >= 11 is 1.17. The minimum absolute atomic E-state index is 0.175. The number of nitrogens with zero attached hydrogens (tertiary/aromatic N) is 5. The number of aromatic nitrogens is 5. The Kier molecular flexibility index (Phi) is 5.58. The van der Waals surface area contributed by atoms with E-state index < -0.39 is 11.9 Å². The molecule has 158 valence electrons. The molecule has 0 bridgehead atoms. The highest BCUT2D eigenvalue weighted by Crippen LogP contribution is 2.33. The maximum atomic E-state index is 12.4. The van der Waals surface area contributed by atoms with Gasteiger partial charge < -0.3 is 15.2 Å². The topological polar surface area (TPSA) is 135 Å². The molecule has 0 saturated heterocycles. The van der Waals surface area contributed by atoms with E-state index in [-0.39, 0.29) is 30.4 Å². The standard InChI is InChI=1S/C20H18N6O4S/c1-3-29-20(28)16-11(2)15-17(21)24-13(25-18(15)31-16)10-30-19(27)12-5-6-14(22-9-12)26-8-4-7-23-26/h4-9H,3,10H2,1-2H3,(H2,21,24,25). The Morgan fingerprint density at radius 3 is 2.71 bits per heavy atom. The number of carbonyl (C=O) groups excluding carboxylic acids is 2. The minimum Gasteiger partial charge on any atom is -0.462 e. The summed E-state index contributed by atoms with van der Waals surface area (Å²) < 4.78 is 12.0. The fourth-order valence-electron chi connectivity index (χ4n) is 2.93. The summed E-state index contributed by atoms with van der Waals surface area (Å²) in [5, 5.41) is 4.68. The molecule has 4 aromatic heterocycles. The van der Waals surface area contributed by atoms with E-state index in [1.807, 2.05) is 0 Å². The predicted octanol–water partition coefficient (Wildman–Crippen LogP) is 2.70. The van der Waals surface area contributed by atoms with E-state index in [9.17, 15) is 9.59 Å². The van der Waals surface area contributed by atoms with E-state index in [1.165, 1.54) is 17.5 Å². The van der Waals surface area contributed by atoms with Crippen LogP contribution in [0.1, 0.15) is 38.3 Å². The SMILES string of the molecule is CCOC(=O)c1sc2nc(COC(=O)c3ccc(-n4cccn4)nc3)nc(N)c2c1C. The molecule has 0 atom stereocenters. The molecule has 0 unspecified atom stereocenters. The van der Waals surface area contributed by atoms with Gasteiger partial charge >= 0.3 is 11.9 Å². The molecule has 2 N–H and O–H groups in total. The van der Waals surface area contributed by atoms with Gasteiger partial charge in [-0.25, -0.2) is 29.2 Å². The lowest BCUT2D eigenvalue weighted by molar-refractivity contribution is 0.0461. The Labute approximate surface area is 180 Å². The molecule has 0 saturated carbocycles. The van der Waals surface area contributed by atoms with Crippen LogP contribution < -0.4 is 5.73 Å². The maximum Gasteiger partial charge on any atom is 0.348 e. The summed E-state index contributed by atoms with van der Waals surface area (Å²) in [4.78, 5) is 38.2. The Morgan fingerprint density at radius 1 is 1.19 bits per heavy atom. The molecule has 4 rings (SSSR count). The number of nitrogens with two attached hydrogens (primary N) is 1. The number of anilines is 1. The van der Waals surface area contributed by atoms with Gasteiger partial charge in [0.1, 0.15) is 15.5 Å². The summed E-state index contributed by atoms with van der Waals surface area (Å²) in [6.45, 7) is 3.60. The van der Waals surface area contributed by atoms with E-state index in [4.69, 9.17) is 15.2 Å². The third-order valence-corrected chi connectivity index (χ3v) is 5.55. The van der Waals surface area contributed by atoms with Gasteiger partial charge in [0, 0.05) is 18.6 Å². The molecule has 31 heavy (non-hydrogen) atoms. The van der Waals surface area contributed by atoms with E-state index in [1.54, 1.807) is 49.1 Å². The zero-order chi connectivity index (χ0) is 22.0. The first-order valence-corrected chi connectivity index (χ1v) is 10.2. The fourth-order valence-corrected chi connectivity index (χ4v) is 4.03. The van der Waals surface area contributed by atoms with Crippen molar-refractivity contribution < 1.29 is 19.1 Å². The van der Waals surface area contributed by atoms with Gasteiger partial charge in [-0.05, 0) is 37.6 Å². The molecule has 10 nitrogen and oxygen atoms in total. The van der Waals surface area contributed by atoms with Crippen LogP contribution in [0.4, 0.5) is 5.82 Å². The van der Waals surface area contributed by atoms with Crippen molar-refractivity contribution in [1.29, 1.82) is 0 Å². The number of rotatable bonds is 6. The van der Waals surface area contributed by atoms with Crippen molar-refractivity contribution >= 4 is 39.3 Å². The van der Waals surface area contributed by atoms with Gasteiger partial charge in [0.15, 0.2) is 18.2 Å². The van der Waals surface area contributed by atoms with Crippen LogP contribution in [-0.2, 0) is 16.1 Å².